The number of unbranched alkanes of at least 4 members (excludes halogenated alkanes) is 1. The van der Waals surface area contributed by atoms with E-state index in [-0.39, 0.29) is 59.1 Å². The summed E-state index contributed by atoms with van der Waals surface area (Å²) >= 11 is 0. The number of Topliss-reactive ketones (excluding diaryl/α,β-unsaturated/α-hetero) is 1. The van der Waals surface area contributed by atoms with Crippen LogP contribution in [0.5, 0.6) is 0 Å². The van der Waals surface area contributed by atoms with Crippen LogP contribution in [0.25, 0.3) is 0 Å². The van der Waals surface area contributed by atoms with Crippen molar-refractivity contribution in [2.24, 2.45) is 40.4 Å². The molecule has 1 N–H and O–H groups in total. The van der Waals surface area contributed by atoms with E-state index >= 15 is 0 Å². The van der Waals surface area contributed by atoms with E-state index in [2.05, 4.69) is 33.8 Å². The van der Waals surface area contributed by atoms with Crippen LogP contribution in [-0.4, -0.2) is 35.4 Å². The minimum Gasteiger partial charge on any atom is -0.458 e. The van der Waals surface area contributed by atoms with Crippen LogP contribution in [0.4, 0.5) is 0 Å². The molecule has 5 heteroatoms. The van der Waals surface area contributed by atoms with E-state index in [4.69, 9.17) is 4.74 Å². The molecule has 4 aliphatic carbocycles. The van der Waals surface area contributed by atoms with Gasteiger partial charge in [0, 0.05) is 23.7 Å². The Morgan fingerprint density at radius 3 is 2.70 bits per heavy atom. The van der Waals surface area contributed by atoms with Crippen LogP contribution < -0.4 is 0 Å². The molecule has 0 aliphatic heterocycles. The Kier molecular flexibility index (Phi) is 6.32. The molecule has 0 spiro atoms. The standard InChI is InChI=1S/C28H38O5/c1-6-7-8-24(32)33-15-23(31)25-17(3)12-21-19-11-16(2)20-13-18(29)9-10-27(20,4)26(19)22(30)14-28(21,25)5/h9-11,13,17,19,21-22,25-26,30H,6-8,12,14-15H2,1-5H3/t17-,19+,21+,22+,25-,26-,27+,28+/m1/s1. The van der Waals surface area contributed by atoms with Crippen molar-refractivity contribution < 1.29 is 24.2 Å². The van der Waals surface area contributed by atoms with Gasteiger partial charge in [0.25, 0.3) is 0 Å². The van der Waals surface area contributed by atoms with Gasteiger partial charge >= 0.3 is 5.97 Å². The first kappa shape index (κ1) is 24.1. The van der Waals surface area contributed by atoms with E-state index in [9.17, 15) is 19.5 Å². The van der Waals surface area contributed by atoms with Gasteiger partial charge in [-0.05, 0) is 67.1 Å². The van der Waals surface area contributed by atoms with Gasteiger partial charge < -0.3 is 9.84 Å². The summed E-state index contributed by atoms with van der Waals surface area (Å²) in [5.74, 6) is -0.0439. The molecule has 5 nitrogen and oxygen atoms in total. The summed E-state index contributed by atoms with van der Waals surface area (Å²) in [5, 5.41) is 11.5. The summed E-state index contributed by atoms with van der Waals surface area (Å²) < 4.78 is 5.33. The third-order valence-corrected chi connectivity index (χ3v) is 9.17. The number of ether oxygens (including phenoxy) is 1. The van der Waals surface area contributed by atoms with Crippen LogP contribution in [0.2, 0.25) is 0 Å². The molecule has 0 aromatic rings. The van der Waals surface area contributed by atoms with Crippen molar-refractivity contribution >= 4 is 17.5 Å². The number of esters is 1. The summed E-state index contributed by atoms with van der Waals surface area (Å²) in [7, 11) is 0. The van der Waals surface area contributed by atoms with Crippen molar-refractivity contribution in [3.8, 4) is 0 Å². The molecule has 0 aromatic carbocycles. The van der Waals surface area contributed by atoms with Gasteiger partial charge in [0.1, 0.15) is 6.61 Å². The lowest BCUT2D eigenvalue weighted by molar-refractivity contribution is -0.152. The highest BCUT2D eigenvalue weighted by Crippen LogP contribution is 2.66. The Bertz CT molecular complexity index is 942. The quantitative estimate of drug-likeness (QED) is 0.594. The number of hydrogen-bond donors (Lipinski definition) is 1. The zero-order valence-electron chi connectivity index (χ0n) is 20.6. The molecule has 2 fully saturated rings. The third kappa shape index (κ3) is 3.86. The van der Waals surface area contributed by atoms with Crippen molar-refractivity contribution in [3.05, 3.63) is 35.5 Å². The van der Waals surface area contributed by atoms with Gasteiger partial charge in [-0.15, -0.1) is 0 Å². The molecule has 0 unspecified atom stereocenters. The molecule has 0 amide bonds. The second-order valence-electron chi connectivity index (χ2n) is 11.3. The number of ketones is 2. The second-order valence-corrected chi connectivity index (χ2v) is 11.3. The van der Waals surface area contributed by atoms with Crippen molar-refractivity contribution in [3.63, 3.8) is 0 Å². The first-order valence-corrected chi connectivity index (χ1v) is 12.5. The normalized spacial score (nSPS) is 41.5. The largest absolute Gasteiger partial charge is 0.458 e. The van der Waals surface area contributed by atoms with Gasteiger partial charge in [-0.2, -0.15) is 0 Å². The lowest BCUT2D eigenvalue weighted by atomic mass is 9.47. The zero-order chi connectivity index (χ0) is 24.1. The second kappa shape index (κ2) is 8.65. The topological polar surface area (TPSA) is 80.7 Å². The number of hydrogen-bond acceptors (Lipinski definition) is 5. The van der Waals surface area contributed by atoms with Gasteiger partial charge in [-0.3, -0.25) is 14.4 Å². The molecule has 0 heterocycles. The van der Waals surface area contributed by atoms with Crippen LogP contribution >= 0.6 is 0 Å². The minimum absolute atomic E-state index is 0.00237. The Morgan fingerprint density at radius 1 is 1.27 bits per heavy atom. The summed E-state index contributed by atoms with van der Waals surface area (Å²) in [5.41, 5.74) is 1.37. The molecule has 0 saturated heterocycles. The molecule has 2 saturated carbocycles. The molecule has 0 bridgehead atoms. The average molecular weight is 455 g/mol. The molecular formula is C28H38O5. The lowest BCUT2D eigenvalue weighted by Crippen LogP contribution is -2.56. The number of fused-ring (bicyclic) bond motifs is 5. The molecule has 4 rings (SSSR count). The van der Waals surface area contributed by atoms with Crippen molar-refractivity contribution in [1.82, 2.24) is 0 Å². The van der Waals surface area contributed by atoms with E-state index in [1.54, 1.807) is 12.2 Å². The monoisotopic (exact) mass is 454 g/mol. The number of carbonyl (C=O) groups excluding carboxylic acids is 3. The van der Waals surface area contributed by atoms with E-state index in [0.717, 1.165) is 30.4 Å². The van der Waals surface area contributed by atoms with Gasteiger partial charge in [-0.25, -0.2) is 0 Å². The smallest absolute Gasteiger partial charge is 0.306 e. The fraction of sp³-hybridized carbons (Fsp3) is 0.679. The van der Waals surface area contributed by atoms with E-state index < -0.39 is 11.5 Å². The highest BCUT2D eigenvalue weighted by atomic mass is 16.5. The molecule has 33 heavy (non-hydrogen) atoms. The Morgan fingerprint density at radius 2 is 2.00 bits per heavy atom. The zero-order valence-corrected chi connectivity index (χ0v) is 20.6. The Labute approximate surface area is 197 Å². The fourth-order valence-corrected chi connectivity index (χ4v) is 7.88. The number of aliphatic hydroxyl groups excluding tert-OH is 1. The first-order chi connectivity index (χ1) is 15.5. The molecule has 8 atom stereocenters. The van der Waals surface area contributed by atoms with Crippen LogP contribution in [-0.2, 0) is 19.1 Å². The predicted molar refractivity (Wildman–Crippen MR) is 126 cm³/mol. The summed E-state index contributed by atoms with van der Waals surface area (Å²) in [6.07, 6.45) is 10.5. The molecule has 4 aliphatic rings. The van der Waals surface area contributed by atoms with Gasteiger partial charge in [-0.1, -0.05) is 51.8 Å². The first-order valence-electron chi connectivity index (χ1n) is 12.5. The van der Waals surface area contributed by atoms with Crippen molar-refractivity contribution in [2.45, 2.75) is 72.8 Å². The molecule has 0 radical (unpaired) electrons. The third-order valence-electron chi connectivity index (χ3n) is 9.17. The fourth-order valence-electron chi connectivity index (χ4n) is 7.88. The molecule has 180 valence electrons. The predicted octanol–water partition coefficient (Wildman–Crippen LogP) is 4.60. The summed E-state index contributed by atoms with van der Waals surface area (Å²) in [6, 6.07) is 0. The van der Waals surface area contributed by atoms with E-state index in [1.807, 2.05) is 13.0 Å². The van der Waals surface area contributed by atoms with Gasteiger partial charge in [0.05, 0.1) is 6.10 Å². The maximum Gasteiger partial charge on any atom is 0.306 e. The summed E-state index contributed by atoms with van der Waals surface area (Å²) in [6.45, 7) is 10.3. The number of rotatable bonds is 6. The number of aliphatic hydroxyl groups is 1. The van der Waals surface area contributed by atoms with E-state index in [1.165, 1.54) is 0 Å². The number of allylic oxidation sites excluding steroid dienone is 6. The average Bonchev–Trinajstić information content (AvgIpc) is 3.01. The van der Waals surface area contributed by atoms with Crippen molar-refractivity contribution in [1.29, 1.82) is 0 Å². The van der Waals surface area contributed by atoms with Crippen LogP contribution in [0, 0.1) is 40.4 Å². The van der Waals surface area contributed by atoms with E-state index in [0.29, 0.717) is 12.8 Å². The van der Waals surface area contributed by atoms with Crippen LogP contribution in [0.1, 0.15) is 66.7 Å². The Balaban J connectivity index is 1.62. The maximum absolute atomic E-state index is 13.3. The Hall–Kier alpha value is -2.01. The molecule has 0 aromatic heterocycles. The lowest BCUT2D eigenvalue weighted by Gasteiger charge is -2.57. The highest BCUT2D eigenvalue weighted by Gasteiger charge is 2.63. The van der Waals surface area contributed by atoms with Crippen LogP contribution in [0.3, 0.4) is 0 Å². The SMILES string of the molecule is CCCCC(=O)OCC(=O)[C@H]1[C@H](C)C[C@H]2[C@@H]3C=C(C)C4=CC(=O)C=C[C@]4(C)[C@H]3[C@@H](O)C[C@@]21C. The minimum atomic E-state index is -0.584. The maximum atomic E-state index is 13.3. The van der Waals surface area contributed by atoms with Crippen molar-refractivity contribution in [2.75, 3.05) is 6.61 Å². The highest BCUT2D eigenvalue weighted by molar-refractivity contribution is 6.02. The number of carbonyl (C=O) groups is 3. The summed E-state index contributed by atoms with van der Waals surface area (Å²) in [4.78, 5) is 37.4. The molecular weight excluding hydrogens is 416 g/mol. The van der Waals surface area contributed by atoms with Gasteiger partial charge in [0.15, 0.2) is 11.6 Å². The van der Waals surface area contributed by atoms with Crippen LogP contribution in [0.15, 0.2) is 35.5 Å². The van der Waals surface area contributed by atoms with Gasteiger partial charge in [0.2, 0.25) is 0 Å².